The van der Waals surface area contributed by atoms with Gasteiger partial charge in [0.2, 0.25) is 5.89 Å². The molecule has 11 nitrogen and oxygen atoms in total. The number of nitrogen functional groups attached to an aromatic ring is 1. The van der Waals surface area contributed by atoms with Gasteiger partial charge in [-0.15, -0.1) is 10.2 Å². The Kier molecular flexibility index (Phi) is 8.86. The lowest BCUT2D eigenvalue weighted by molar-refractivity contribution is -0.141. The first-order valence-electron chi connectivity index (χ1n) is 14.8. The van der Waals surface area contributed by atoms with Crippen molar-refractivity contribution in [1.29, 1.82) is 0 Å². The first kappa shape index (κ1) is 30.6. The number of halogens is 3. The summed E-state index contributed by atoms with van der Waals surface area (Å²) >= 11 is 0. The third-order valence-corrected chi connectivity index (χ3v) is 8.36. The molecule has 0 bridgehead atoms. The monoisotopic (exact) mass is 601 g/mol. The van der Waals surface area contributed by atoms with E-state index in [0.29, 0.717) is 30.6 Å². The van der Waals surface area contributed by atoms with Crippen molar-refractivity contribution in [3.8, 4) is 11.6 Å². The molecule has 0 aromatic carbocycles. The number of likely N-dealkylation sites (tertiary alicyclic amines) is 1. The van der Waals surface area contributed by atoms with Crippen LogP contribution in [0.1, 0.15) is 74.1 Å². The Hall–Kier alpha value is -3.81. The second-order valence-corrected chi connectivity index (χ2v) is 11.3. The molecule has 2 N–H and O–H groups in total. The molecule has 43 heavy (non-hydrogen) atoms. The summed E-state index contributed by atoms with van der Waals surface area (Å²) in [4.78, 5) is 32.5. The molecule has 0 unspecified atom stereocenters. The van der Waals surface area contributed by atoms with Crippen molar-refractivity contribution in [2.45, 2.75) is 84.1 Å². The number of aryl methyl sites for hydroxylation is 2. The van der Waals surface area contributed by atoms with Gasteiger partial charge < -0.3 is 20.0 Å². The number of nitrogens with two attached hydrogens (primary N) is 1. The summed E-state index contributed by atoms with van der Waals surface area (Å²) in [7, 11) is 0. The number of hydrogen-bond donors (Lipinski definition) is 1. The topological polar surface area (TPSA) is 130 Å². The van der Waals surface area contributed by atoms with Crippen LogP contribution in [-0.4, -0.2) is 85.2 Å². The predicted molar refractivity (Wildman–Crippen MR) is 154 cm³/mol. The highest BCUT2D eigenvalue weighted by atomic mass is 19.4. The van der Waals surface area contributed by atoms with Crippen LogP contribution < -0.4 is 10.6 Å². The van der Waals surface area contributed by atoms with Crippen LogP contribution in [0.15, 0.2) is 22.7 Å². The van der Waals surface area contributed by atoms with E-state index in [1.807, 2.05) is 6.92 Å². The maximum atomic E-state index is 13.1. The summed E-state index contributed by atoms with van der Waals surface area (Å²) in [5, 5.41) is 8.21. The fourth-order valence-corrected chi connectivity index (χ4v) is 6.09. The van der Waals surface area contributed by atoms with Gasteiger partial charge >= 0.3 is 6.18 Å². The van der Waals surface area contributed by atoms with Crippen molar-refractivity contribution >= 4 is 17.5 Å². The summed E-state index contributed by atoms with van der Waals surface area (Å²) in [6, 6.07) is 2.67. The number of carbonyl (C=O) groups excluding carboxylic acids is 1. The first-order chi connectivity index (χ1) is 20.5. The van der Waals surface area contributed by atoms with E-state index in [1.165, 1.54) is 0 Å². The maximum Gasteiger partial charge on any atom is 0.433 e. The van der Waals surface area contributed by atoms with Gasteiger partial charge in [0.05, 0.1) is 17.5 Å². The Morgan fingerprint density at radius 1 is 1.12 bits per heavy atom. The highest BCUT2D eigenvalue weighted by molar-refractivity contribution is 5.98. The third-order valence-electron chi connectivity index (χ3n) is 8.36. The number of amides is 1. The van der Waals surface area contributed by atoms with Gasteiger partial charge in [0.15, 0.2) is 0 Å². The number of alkyl halides is 3. The number of carbonyl (C=O) groups is 1. The second kappa shape index (κ2) is 12.4. The molecule has 0 saturated carbocycles. The third kappa shape index (κ3) is 6.43. The number of pyridine rings is 1. The van der Waals surface area contributed by atoms with Crippen molar-refractivity contribution in [3.63, 3.8) is 0 Å². The Morgan fingerprint density at radius 2 is 1.86 bits per heavy atom. The van der Waals surface area contributed by atoms with Crippen LogP contribution in [0.2, 0.25) is 0 Å². The number of piperidine rings is 1. The van der Waals surface area contributed by atoms with Crippen LogP contribution in [-0.2, 0) is 12.6 Å². The fourth-order valence-electron chi connectivity index (χ4n) is 6.09. The number of nitrogens with zero attached hydrogens (tertiary/aromatic N) is 8. The zero-order valence-corrected chi connectivity index (χ0v) is 24.9. The van der Waals surface area contributed by atoms with Crippen molar-refractivity contribution in [1.82, 2.24) is 34.9 Å². The fraction of sp³-hybridized carbons (Fsp3) is 0.586. The summed E-state index contributed by atoms with van der Waals surface area (Å²) in [5.74, 6) is 1.01. The molecule has 0 spiro atoms. The summed E-state index contributed by atoms with van der Waals surface area (Å²) in [6.45, 7) is 11.0. The minimum absolute atomic E-state index is 0.00288. The Morgan fingerprint density at radius 3 is 2.49 bits per heavy atom. The molecule has 3 aromatic rings. The Bertz CT molecular complexity index is 1440. The number of piperazine rings is 1. The summed E-state index contributed by atoms with van der Waals surface area (Å²) < 4.78 is 44.7. The Balaban J connectivity index is 1.22. The molecule has 0 radical (unpaired) electrons. The zero-order valence-electron chi connectivity index (χ0n) is 24.9. The average molecular weight is 602 g/mol. The van der Waals surface area contributed by atoms with Gasteiger partial charge in [-0.05, 0) is 51.7 Å². The number of aromatic nitrogens is 5. The van der Waals surface area contributed by atoms with E-state index in [0.717, 1.165) is 68.8 Å². The molecule has 1 amide bonds. The van der Waals surface area contributed by atoms with Crippen LogP contribution in [0.25, 0.3) is 11.6 Å². The first-order valence-corrected chi connectivity index (χ1v) is 14.8. The molecule has 14 heteroatoms. The Labute approximate surface area is 248 Å². The molecule has 2 fully saturated rings. The molecule has 5 heterocycles. The van der Waals surface area contributed by atoms with Crippen LogP contribution in [0.5, 0.6) is 0 Å². The smallest absolute Gasteiger partial charge is 0.419 e. The van der Waals surface area contributed by atoms with E-state index in [-0.39, 0.29) is 29.6 Å². The molecule has 2 saturated heterocycles. The molecular weight excluding hydrogens is 563 g/mol. The van der Waals surface area contributed by atoms with E-state index in [2.05, 4.69) is 45.8 Å². The van der Waals surface area contributed by atoms with E-state index in [4.69, 9.17) is 20.1 Å². The molecule has 3 aromatic heterocycles. The van der Waals surface area contributed by atoms with E-state index >= 15 is 0 Å². The second-order valence-electron chi connectivity index (χ2n) is 11.3. The standard InChI is InChI=1S/C29H38F3N9O2/c1-5-7-24-37-38-27(43-24)22-14-34-26(18(4)35-22)40-16-19(6-2)41(15-17(40)3)20-10-12-39(13-11-20)28(42)21-8-9-23(29(30,31)32)36-25(21)33/h8-9,14,17,19-20H,5-7,10-13,15-16H2,1-4H3,(H2,33,36)/t17-,19+/m1/s1. The van der Waals surface area contributed by atoms with Gasteiger partial charge in [0.1, 0.15) is 23.0 Å². The van der Waals surface area contributed by atoms with E-state index in [9.17, 15) is 18.0 Å². The van der Waals surface area contributed by atoms with Crippen LogP contribution in [0, 0.1) is 6.92 Å². The number of hydrogen-bond acceptors (Lipinski definition) is 10. The van der Waals surface area contributed by atoms with Crippen molar-refractivity contribution in [2.75, 3.05) is 36.8 Å². The molecule has 2 aliphatic rings. The summed E-state index contributed by atoms with van der Waals surface area (Å²) in [6.07, 6.45) is 1.19. The van der Waals surface area contributed by atoms with Crippen molar-refractivity contribution in [3.05, 3.63) is 41.2 Å². The molecule has 5 rings (SSSR count). The SMILES string of the molecule is CCCc1nnc(-c2cnc(N3C[C@H](CC)N(C4CCN(C(=O)c5ccc(C(F)(F)F)nc5N)CC4)C[C@H]3C)c(C)n2)o1. The lowest BCUT2D eigenvalue weighted by atomic mass is 9.96. The molecule has 2 atom stereocenters. The molecule has 2 aliphatic heterocycles. The molecule has 232 valence electrons. The largest absolute Gasteiger partial charge is 0.433 e. The van der Waals surface area contributed by atoms with Crippen molar-refractivity contribution in [2.24, 2.45) is 0 Å². The van der Waals surface area contributed by atoms with Gasteiger partial charge in [-0.25, -0.2) is 15.0 Å². The number of rotatable bonds is 7. The summed E-state index contributed by atoms with van der Waals surface area (Å²) in [5.41, 5.74) is 6.00. The molecular formula is C29H38F3N9O2. The predicted octanol–water partition coefficient (Wildman–Crippen LogP) is 4.38. The molecule has 0 aliphatic carbocycles. The highest BCUT2D eigenvalue weighted by Crippen LogP contribution is 2.32. The average Bonchev–Trinajstić information content (AvgIpc) is 3.45. The number of anilines is 2. The minimum atomic E-state index is -4.62. The van der Waals surface area contributed by atoms with Crippen molar-refractivity contribution < 1.29 is 22.4 Å². The van der Waals surface area contributed by atoms with Gasteiger partial charge in [-0.3, -0.25) is 9.69 Å². The normalized spacial score (nSPS) is 20.5. The van der Waals surface area contributed by atoms with Gasteiger partial charge in [0.25, 0.3) is 11.8 Å². The van der Waals surface area contributed by atoms with Gasteiger partial charge in [-0.2, -0.15) is 13.2 Å². The van der Waals surface area contributed by atoms with Crippen LogP contribution >= 0.6 is 0 Å². The van der Waals surface area contributed by atoms with Gasteiger partial charge in [-0.1, -0.05) is 13.8 Å². The lowest BCUT2D eigenvalue weighted by Crippen LogP contribution is -2.62. The van der Waals surface area contributed by atoms with Crippen LogP contribution in [0.4, 0.5) is 24.8 Å². The van der Waals surface area contributed by atoms with E-state index in [1.54, 1.807) is 11.1 Å². The minimum Gasteiger partial charge on any atom is -0.419 e. The van der Waals surface area contributed by atoms with Gasteiger partial charge in [0, 0.05) is 50.7 Å². The lowest BCUT2D eigenvalue weighted by Gasteiger charge is -2.50. The quantitative estimate of drug-likeness (QED) is 0.416. The highest BCUT2D eigenvalue weighted by Gasteiger charge is 2.38. The van der Waals surface area contributed by atoms with Crippen LogP contribution in [0.3, 0.4) is 0 Å². The zero-order chi connectivity index (χ0) is 30.9. The van der Waals surface area contributed by atoms with E-state index < -0.39 is 17.7 Å². The maximum absolute atomic E-state index is 13.1.